The molecular weight excluding hydrogens is 528 g/mol. The molecule has 4 rings (SSSR count). The van der Waals surface area contributed by atoms with Crippen LogP contribution in [0.3, 0.4) is 0 Å². The van der Waals surface area contributed by atoms with E-state index in [1.165, 1.54) is 27.8 Å². The molecule has 0 saturated heterocycles. The van der Waals surface area contributed by atoms with E-state index in [2.05, 4.69) is 4.98 Å². The quantitative estimate of drug-likeness (QED) is 0.269. The minimum Gasteiger partial charge on any atom is -0.308 e. The maximum Gasteiger partial charge on any atom is 0.260 e. The molecule has 3 aromatic carbocycles. The van der Waals surface area contributed by atoms with Crippen molar-refractivity contribution in [3.05, 3.63) is 90.0 Å². The Balaban J connectivity index is 0.00000380. The van der Waals surface area contributed by atoms with E-state index in [1.54, 1.807) is 17.0 Å². The fourth-order valence-electron chi connectivity index (χ4n) is 3.79. The van der Waals surface area contributed by atoms with E-state index in [9.17, 15) is 13.2 Å². The van der Waals surface area contributed by atoms with E-state index in [1.807, 2.05) is 80.5 Å². The van der Waals surface area contributed by atoms with Crippen LogP contribution < -0.4 is 4.90 Å². The Morgan fingerprint density at radius 2 is 1.54 bits per heavy atom. The summed E-state index contributed by atoms with van der Waals surface area (Å²) in [5, 5.41) is 0.625. The number of thiazole rings is 1. The van der Waals surface area contributed by atoms with Gasteiger partial charge in [-0.3, -0.25) is 9.69 Å². The van der Waals surface area contributed by atoms with E-state index in [4.69, 9.17) is 0 Å². The van der Waals surface area contributed by atoms with Crippen LogP contribution in [0.15, 0.2) is 83.8 Å². The molecule has 196 valence electrons. The largest absolute Gasteiger partial charge is 0.308 e. The van der Waals surface area contributed by atoms with Crippen molar-refractivity contribution < 1.29 is 13.2 Å². The van der Waals surface area contributed by atoms with Gasteiger partial charge in [-0.15, -0.1) is 12.4 Å². The van der Waals surface area contributed by atoms with Crippen molar-refractivity contribution in [1.82, 2.24) is 14.2 Å². The molecule has 1 aromatic heterocycles. The molecule has 10 heteroatoms. The predicted molar refractivity (Wildman–Crippen MR) is 153 cm³/mol. The molecule has 0 bridgehead atoms. The number of fused-ring (bicyclic) bond motifs is 1. The molecule has 1 amide bonds. The molecule has 0 radical (unpaired) electrons. The molecular formula is C27H31ClN4O3S2. The lowest BCUT2D eigenvalue weighted by Crippen LogP contribution is -2.36. The first-order chi connectivity index (χ1) is 17.3. The van der Waals surface area contributed by atoms with E-state index >= 15 is 0 Å². The number of hydrogen-bond acceptors (Lipinski definition) is 6. The lowest BCUT2D eigenvalue weighted by Gasteiger charge is -2.23. The van der Waals surface area contributed by atoms with Gasteiger partial charge in [0.25, 0.3) is 5.91 Å². The lowest BCUT2D eigenvalue weighted by molar-refractivity contribution is 0.0985. The maximum atomic E-state index is 13.5. The van der Waals surface area contributed by atoms with Crippen LogP contribution in [0, 0.1) is 0 Å². The third-order valence-corrected chi connectivity index (χ3v) is 8.82. The molecule has 0 N–H and O–H groups in total. The number of para-hydroxylation sites is 1. The third-order valence-electron chi connectivity index (χ3n) is 5.82. The molecule has 4 aromatic rings. The second-order valence-electron chi connectivity index (χ2n) is 8.67. The smallest absolute Gasteiger partial charge is 0.260 e. The maximum absolute atomic E-state index is 13.5. The van der Waals surface area contributed by atoms with E-state index in [0.29, 0.717) is 30.3 Å². The molecule has 0 spiro atoms. The standard InChI is InChI=1S/C27H30N4O3S2.ClH/c1-4-30(20-21-10-6-5-7-11-21)36(33,34)23-16-14-22(15-17-23)26(32)31(19-18-29(2)3)27-28-24-12-8-9-13-25(24)35-27;/h5-17H,4,18-20H2,1-3H3;1H. The molecule has 0 aliphatic heterocycles. The van der Waals surface area contributed by atoms with Crippen molar-refractivity contribution in [2.45, 2.75) is 18.4 Å². The molecule has 0 saturated carbocycles. The molecule has 0 unspecified atom stereocenters. The van der Waals surface area contributed by atoms with Gasteiger partial charge < -0.3 is 4.90 Å². The average Bonchev–Trinajstić information content (AvgIpc) is 3.31. The Morgan fingerprint density at radius 3 is 2.16 bits per heavy atom. The normalized spacial score (nSPS) is 11.6. The second-order valence-corrected chi connectivity index (χ2v) is 11.6. The Bertz CT molecular complexity index is 1390. The zero-order chi connectivity index (χ0) is 25.7. The second kappa shape index (κ2) is 12.6. The number of rotatable bonds is 10. The molecule has 1 heterocycles. The van der Waals surface area contributed by atoms with Crippen LogP contribution in [0.2, 0.25) is 0 Å². The fourth-order valence-corrected chi connectivity index (χ4v) is 6.21. The number of sulfonamides is 1. The summed E-state index contributed by atoms with van der Waals surface area (Å²) in [6, 6.07) is 23.5. The van der Waals surface area contributed by atoms with Crippen molar-refractivity contribution in [3.63, 3.8) is 0 Å². The number of hydrogen-bond donors (Lipinski definition) is 0. The highest BCUT2D eigenvalue weighted by atomic mass is 35.5. The van der Waals surface area contributed by atoms with Crippen molar-refractivity contribution in [2.75, 3.05) is 38.6 Å². The number of nitrogens with zero attached hydrogens (tertiary/aromatic N) is 4. The molecule has 0 atom stereocenters. The highest BCUT2D eigenvalue weighted by Gasteiger charge is 2.25. The molecule has 7 nitrogen and oxygen atoms in total. The van der Waals surface area contributed by atoms with Crippen molar-refractivity contribution in [2.24, 2.45) is 0 Å². The summed E-state index contributed by atoms with van der Waals surface area (Å²) >= 11 is 1.47. The van der Waals surface area contributed by atoms with Crippen LogP contribution in [-0.2, 0) is 16.6 Å². The van der Waals surface area contributed by atoms with Crippen LogP contribution in [0.25, 0.3) is 10.2 Å². The van der Waals surface area contributed by atoms with Gasteiger partial charge >= 0.3 is 0 Å². The van der Waals surface area contributed by atoms with Crippen LogP contribution in [0.5, 0.6) is 0 Å². The zero-order valence-corrected chi connectivity index (χ0v) is 23.5. The summed E-state index contributed by atoms with van der Waals surface area (Å²) in [5.41, 5.74) is 2.18. The minimum atomic E-state index is -3.71. The van der Waals surface area contributed by atoms with E-state index in [0.717, 1.165) is 15.8 Å². The first-order valence-corrected chi connectivity index (χ1v) is 14.0. The number of anilines is 1. The van der Waals surface area contributed by atoms with Gasteiger partial charge in [0.1, 0.15) is 0 Å². The number of aromatic nitrogens is 1. The highest BCUT2D eigenvalue weighted by molar-refractivity contribution is 7.89. The topological polar surface area (TPSA) is 73.8 Å². The number of carbonyl (C=O) groups is 1. The van der Waals surface area contributed by atoms with Crippen molar-refractivity contribution in [1.29, 1.82) is 0 Å². The SMILES string of the molecule is CCN(Cc1ccccc1)S(=O)(=O)c1ccc(C(=O)N(CCN(C)C)c2nc3ccccc3s2)cc1.Cl. The molecule has 0 aliphatic rings. The first kappa shape index (κ1) is 28.7. The Hall–Kier alpha value is -2.82. The highest BCUT2D eigenvalue weighted by Crippen LogP contribution is 2.30. The average molecular weight is 559 g/mol. The van der Waals surface area contributed by atoms with Crippen LogP contribution in [0.4, 0.5) is 5.13 Å². The van der Waals surface area contributed by atoms with Crippen LogP contribution in [-0.4, -0.2) is 62.2 Å². The van der Waals surface area contributed by atoms with Crippen molar-refractivity contribution >= 4 is 55.0 Å². The summed E-state index contributed by atoms with van der Waals surface area (Å²) < 4.78 is 29.0. The van der Waals surface area contributed by atoms with Gasteiger partial charge in [0, 0.05) is 31.7 Å². The summed E-state index contributed by atoms with van der Waals surface area (Å²) in [6.07, 6.45) is 0. The van der Waals surface area contributed by atoms with Gasteiger partial charge in [-0.1, -0.05) is 60.7 Å². The van der Waals surface area contributed by atoms with Crippen LogP contribution in [0.1, 0.15) is 22.8 Å². The van der Waals surface area contributed by atoms with Gasteiger partial charge in [-0.05, 0) is 56.1 Å². The fraction of sp³-hybridized carbons (Fsp3) is 0.259. The minimum absolute atomic E-state index is 0. The Kier molecular flexibility index (Phi) is 9.80. The third kappa shape index (κ3) is 6.74. The lowest BCUT2D eigenvalue weighted by atomic mass is 10.2. The summed E-state index contributed by atoms with van der Waals surface area (Å²) in [7, 11) is 0.196. The van der Waals surface area contributed by atoms with Gasteiger partial charge in [-0.2, -0.15) is 4.31 Å². The molecule has 0 fully saturated rings. The first-order valence-electron chi connectivity index (χ1n) is 11.8. The molecule has 0 aliphatic carbocycles. The van der Waals surface area contributed by atoms with E-state index < -0.39 is 10.0 Å². The summed E-state index contributed by atoms with van der Waals surface area (Å²) in [4.78, 5) is 22.1. The van der Waals surface area contributed by atoms with Gasteiger partial charge in [0.15, 0.2) is 5.13 Å². The monoisotopic (exact) mass is 558 g/mol. The van der Waals surface area contributed by atoms with Gasteiger partial charge in [0.2, 0.25) is 10.0 Å². The summed E-state index contributed by atoms with van der Waals surface area (Å²) in [5.74, 6) is -0.212. The van der Waals surface area contributed by atoms with Gasteiger partial charge in [0.05, 0.1) is 15.1 Å². The van der Waals surface area contributed by atoms with Crippen molar-refractivity contribution in [3.8, 4) is 0 Å². The Labute approximate surface area is 228 Å². The number of amides is 1. The number of halogens is 1. The van der Waals surface area contributed by atoms with E-state index in [-0.39, 0.29) is 29.8 Å². The molecule has 37 heavy (non-hydrogen) atoms. The number of carbonyl (C=O) groups excluding carboxylic acids is 1. The van der Waals surface area contributed by atoms with Crippen LogP contribution >= 0.6 is 23.7 Å². The number of likely N-dealkylation sites (N-methyl/N-ethyl adjacent to an activating group) is 1. The number of benzene rings is 3. The Morgan fingerprint density at radius 1 is 0.892 bits per heavy atom. The predicted octanol–water partition coefficient (Wildman–Crippen LogP) is 5.14. The summed E-state index contributed by atoms with van der Waals surface area (Å²) in [6.45, 7) is 3.58. The zero-order valence-electron chi connectivity index (χ0n) is 21.1. The van der Waals surface area contributed by atoms with Gasteiger partial charge in [-0.25, -0.2) is 13.4 Å².